The molecule has 0 fully saturated rings. The fourth-order valence-electron chi connectivity index (χ4n) is 2.24. The molecule has 3 rings (SSSR count). The number of benzene rings is 1. The van der Waals surface area contributed by atoms with E-state index < -0.39 is 0 Å². The maximum atomic E-state index is 4.58. The SMILES string of the molecule is CCCCCc1ncn2nc(-c3ccccc3)cc2n1. The minimum Gasteiger partial charge on any atom is -0.221 e. The van der Waals surface area contributed by atoms with E-state index in [1.807, 2.05) is 24.3 Å². The number of hydrogen-bond acceptors (Lipinski definition) is 3. The van der Waals surface area contributed by atoms with Gasteiger partial charge in [-0.2, -0.15) is 5.10 Å². The van der Waals surface area contributed by atoms with Crippen LogP contribution in [0.2, 0.25) is 0 Å². The third kappa shape index (κ3) is 2.69. The number of aryl methyl sites for hydroxylation is 1. The lowest BCUT2D eigenvalue weighted by atomic mass is 10.2. The Morgan fingerprint density at radius 2 is 1.95 bits per heavy atom. The Labute approximate surface area is 118 Å². The molecule has 0 radical (unpaired) electrons. The number of rotatable bonds is 5. The molecule has 2 aromatic heterocycles. The third-order valence-corrected chi connectivity index (χ3v) is 3.35. The smallest absolute Gasteiger partial charge is 0.159 e. The molecule has 0 saturated carbocycles. The number of hydrogen-bond donors (Lipinski definition) is 0. The average molecular weight is 266 g/mol. The molecule has 4 heteroatoms. The molecule has 0 saturated heterocycles. The summed E-state index contributed by atoms with van der Waals surface area (Å²) in [6.07, 6.45) is 6.29. The van der Waals surface area contributed by atoms with Gasteiger partial charge in [-0.15, -0.1) is 0 Å². The second-order valence-electron chi connectivity index (χ2n) is 4.93. The summed E-state index contributed by atoms with van der Waals surface area (Å²) in [5, 5.41) is 4.51. The van der Waals surface area contributed by atoms with E-state index in [9.17, 15) is 0 Å². The molecule has 2 heterocycles. The van der Waals surface area contributed by atoms with Crippen LogP contribution >= 0.6 is 0 Å². The van der Waals surface area contributed by atoms with E-state index in [1.165, 1.54) is 12.8 Å². The van der Waals surface area contributed by atoms with E-state index in [1.54, 1.807) is 10.8 Å². The van der Waals surface area contributed by atoms with Gasteiger partial charge in [-0.25, -0.2) is 14.5 Å². The van der Waals surface area contributed by atoms with Gasteiger partial charge in [0, 0.05) is 18.1 Å². The van der Waals surface area contributed by atoms with Crippen LogP contribution in [0.4, 0.5) is 0 Å². The number of fused-ring (bicyclic) bond motifs is 1. The first-order chi connectivity index (χ1) is 9.86. The first-order valence-corrected chi connectivity index (χ1v) is 7.13. The van der Waals surface area contributed by atoms with Gasteiger partial charge in [0.15, 0.2) is 5.65 Å². The molecule has 4 nitrogen and oxygen atoms in total. The molecule has 3 aromatic rings. The van der Waals surface area contributed by atoms with Crippen LogP contribution in [0.1, 0.15) is 32.0 Å². The Kier molecular flexibility index (Phi) is 3.72. The lowest BCUT2D eigenvalue weighted by Gasteiger charge is -1.98. The molecule has 0 amide bonds. The van der Waals surface area contributed by atoms with Crippen molar-refractivity contribution in [3.63, 3.8) is 0 Å². The van der Waals surface area contributed by atoms with Crippen molar-refractivity contribution in [3.05, 3.63) is 48.5 Å². The van der Waals surface area contributed by atoms with Gasteiger partial charge in [0.05, 0.1) is 5.69 Å². The highest BCUT2D eigenvalue weighted by atomic mass is 15.3. The normalized spacial score (nSPS) is 11.1. The van der Waals surface area contributed by atoms with Crippen LogP contribution < -0.4 is 0 Å². The Morgan fingerprint density at radius 1 is 1.10 bits per heavy atom. The summed E-state index contributed by atoms with van der Waals surface area (Å²) in [5.74, 6) is 0.908. The van der Waals surface area contributed by atoms with Crippen molar-refractivity contribution in [1.82, 2.24) is 19.6 Å². The standard InChI is InChI=1S/C16H18N4/c1-2-3-5-10-15-17-12-20-16(18-15)11-14(19-20)13-8-6-4-7-9-13/h4,6-9,11-12H,2-3,5,10H2,1H3. The van der Waals surface area contributed by atoms with Crippen LogP contribution in [0.3, 0.4) is 0 Å². The largest absolute Gasteiger partial charge is 0.221 e. The molecule has 0 aliphatic rings. The quantitative estimate of drug-likeness (QED) is 0.663. The lowest BCUT2D eigenvalue weighted by Crippen LogP contribution is -1.99. The Hall–Kier alpha value is -2.23. The molecule has 0 unspecified atom stereocenters. The van der Waals surface area contributed by atoms with Crippen molar-refractivity contribution in [3.8, 4) is 11.3 Å². The zero-order valence-corrected chi connectivity index (χ0v) is 11.7. The van der Waals surface area contributed by atoms with Gasteiger partial charge in [0.25, 0.3) is 0 Å². The monoisotopic (exact) mass is 266 g/mol. The van der Waals surface area contributed by atoms with Crippen LogP contribution in [-0.4, -0.2) is 19.6 Å². The van der Waals surface area contributed by atoms with Crippen molar-refractivity contribution in [2.24, 2.45) is 0 Å². The fraction of sp³-hybridized carbons (Fsp3) is 0.312. The van der Waals surface area contributed by atoms with E-state index >= 15 is 0 Å². The summed E-state index contributed by atoms with van der Waals surface area (Å²) < 4.78 is 1.74. The molecule has 0 atom stereocenters. The highest BCUT2D eigenvalue weighted by Gasteiger charge is 2.06. The van der Waals surface area contributed by atoms with Crippen LogP contribution in [0.15, 0.2) is 42.7 Å². The number of aromatic nitrogens is 4. The summed E-state index contributed by atoms with van der Waals surface area (Å²) in [6.45, 7) is 2.20. The zero-order chi connectivity index (χ0) is 13.8. The van der Waals surface area contributed by atoms with Gasteiger partial charge < -0.3 is 0 Å². The van der Waals surface area contributed by atoms with E-state index in [0.29, 0.717) is 0 Å². The van der Waals surface area contributed by atoms with Crippen molar-refractivity contribution in [2.45, 2.75) is 32.6 Å². The van der Waals surface area contributed by atoms with E-state index in [2.05, 4.69) is 34.1 Å². The van der Waals surface area contributed by atoms with Crippen LogP contribution in [0.25, 0.3) is 16.9 Å². The Morgan fingerprint density at radius 3 is 2.75 bits per heavy atom. The maximum absolute atomic E-state index is 4.58. The van der Waals surface area contributed by atoms with Gasteiger partial charge in [-0.3, -0.25) is 0 Å². The third-order valence-electron chi connectivity index (χ3n) is 3.35. The lowest BCUT2D eigenvalue weighted by molar-refractivity contribution is 0.688. The summed E-state index contributed by atoms with van der Waals surface area (Å²) >= 11 is 0. The molecule has 0 bridgehead atoms. The molecule has 102 valence electrons. The number of unbranched alkanes of at least 4 members (excludes halogenated alkanes) is 2. The first kappa shape index (κ1) is 12.8. The van der Waals surface area contributed by atoms with Crippen LogP contribution in [-0.2, 0) is 6.42 Å². The molecule has 20 heavy (non-hydrogen) atoms. The summed E-state index contributed by atoms with van der Waals surface area (Å²) in [4.78, 5) is 8.96. The predicted octanol–water partition coefficient (Wildman–Crippen LogP) is 3.52. The molecular formula is C16H18N4. The van der Waals surface area contributed by atoms with E-state index in [-0.39, 0.29) is 0 Å². The predicted molar refractivity (Wildman–Crippen MR) is 79.4 cm³/mol. The molecule has 1 aromatic carbocycles. The highest BCUT2D eigenvalue weighted by Crippen LogP contribution is 2.18. The summed E-state index contributed by atoms with van der Waals surface area (Å²) in [7, 11) is 0. The van der Waals surface area contributed by atoms with Crippen molar-refractivity contribution >= 4 is 5.65 Å². The van der Waals surface area contributed by atoms with Crippen molar-refractivity contribution in [1.29, 1.82) is 0 Å². The second kappa shape index (κ2) is 5.82. The van der Waals surface area contributed by atoms with Gasteiger partial charge in [0.2, 0.25) is 0 Å². The van der Waals surface area contributed by atoms with Crippen molar-refractivity contribution in [2.75, 3.05) is 0 Å². The van der Waals surface area contributed by atoms with Crippen LogP contribution in [0.5, 0.6) is 0 Å². The fourth-order valence-corrected chi connectivity index (χ4v) is 2.24. The topological polar surface area (TPSA) is 43.1 Å². The van der Waals surface area contributed by atoms with Gasteiger partial charge in [-0.05, 0) is 6.42 Å². The molecule has 0 spiro atoms. The molecule has 0 aliphatic carbocycles. The zero-order valence-electron chi connectivity index (χ0n) is 11.7. The average Bonchev–Trinajstić information content (AvgIpc) is 2.92. The Bertz CT molecular complexity index is 688. The first-order valence-electron chi connectivity index (χ1n) is 7.13. The molecule has 0 aliphatic heterocycles. The second-order valence-corrected chi connectivity index (χ2v) is 4.93. The van der Waals surface area contributed by atoms with Crippen LogP contribution in [0, 0.1) is 0 Å². The Balaban J connectivity index is 1.88. The van der Waals surface area contributed by atoms with Gasteiger partial charge in [0.1, 0.15) is 12.2 Å². The van der Waals surface area contributed by atoms with E-state index in [4.69, 9.17) is 0 Å². The highest BCUT2D eigenvalue weighted by molar-refractivity contribution is 5.63. The maximum Gasteiger partial charge on any atom is 0.159 e. The van der Waals surface area contributed by atoms with Crippen molar-refractivity contribution < 1.29 is 0 Å². The summed E-state index contributed by atoms with van der Waals surface area (Å²) in [6, 6.07) is 12.2. The minimum atomic E-state index is 0.866. The van der Waals surface area contributed by atoms with Gasteiger partial charge >= 0.3 is 0 Å². The number of nitrogens with zero attached hydrogens (tertiary/aromatic N) is 4. The molecule has 0 N–H and O–H groups in total. The minimum absolute atomic E-state index is 0.866. The van der Waals surface area contributed by atoms with E-state index in [0.717, 1.165) is 35.6 Å². The summed E-state index contributed by atoms with van der Waals surface area (Å²) in [5.41, 5.74) is 2.90. The van der Waals surface area contributed by atoms with Gasteiger partial charge in [-0.1, -0.05) is 50.1 Å². The molecular weight excluding hydrogens is 248 g/mol.